The van der Waals surface area contributed by atoms with E-state index in [1.807, 2.05) is 37.5 Å². The van der Waals surface area contributed by atoms with E-state index in [2.05, 4.69) is 10.3 Å². The van der Waals surface area contributed by atoms with Gasteiger partial charge >= 0.3 is 5.69 Å². The van der Waals surface area contributed by atoms with Crippen molar-refractivity contribution in [1.29, 1.82) is 0 Å². The van der Waals surface area contributed by atoms with Crippen LogP contribution < -0.4 is 11.0 Å². The third kappa shape index (κ3) is 3.07. The number of imidazole rings is 1. The van der Waals surface area contributed by atoms with Gasteiger partial charge in [-0.05, 0) is 19.1 Å². The molecule has 0 fully saturated rings. The molecule has 2 aromatic rings. The molecule has 0 unspecified atom stereocenters. The van der Waals surface area contributed by atoms with Crippen molar-refractivity contribution >= 4 is 0 Å². The lowest BCUT2D eigenvalue weighted by molar-refractivity contribution is 0.567. The van der Waals surface area contributed by atoms with Crippen molar-refractivity contribution in [3.63, 3.8) is 0 Å². The maximum Gasteiger partial charge on any atom is 0.328 e. The molecular formula is C13H18N4O. The zero-order chi connectivity index (χ0) is 12.8. The molecule has 0 amide bonds. The molecule has 96 valence electrons. The molecule has 0 aromatic carbocycles. The summed E-state index contributed by atoms with van der Waals surface area (Å²) in [6.45, 7) is 4.84. The Morgan fingerprint density at radius 1 is 1.28 bits per heavy atom. The summed E-state index contributed by atoms with van der Waals surface area (Å²) >= 11 is 0. The molecule has 0 spiro atoms. The minimum atomic E-state index is 0.0529. The van der Waals surface area contributed by atoms with Crippen molar-refractivity contribution in [1.82, 2.24) is 19.4 Å². The third-order valence-corrected chi connectivity index (χ3v) is 2.82. The summed E-state index contributed by atoms with van der Waals surface area (Å²) in [6.07, 6.45) is 5.43. The SMILES string of the molecule is CCn1ccn(CCNCc2ccccn2)c1=O. The van der Waals surface area contributed by atoms with Gasteiger partial charge in [-0.15, -0.1) is 0 Å². The Morgan fingerprint density at radius 2 is 2.11 bits per heavy atom. The maximum absolute atomic E-state index is 11.7. The van der Waals surface area contributed by atoms with Crippen LogP contribution in [0.3, 0.4) is 0 Å². The molecular weight excluding hydrogens is 228 g/mol. The predicted octanol–water partition coefficient (Wildman–Crippen LogP) is 0.854. The molecule has 0 aliphatic carbocycles. The Kier molecular flexibility index (Phi) is 4.30. The average Bonchev–Trinajstić information content (AvgIpc) is 2.77. The zero-order valence-electron chi connectivity index (χ0n) is 10.5. The van der Waals surface area contributed by atoms with Gasteiger partial charge in [-0.25, -0.2) is 4.79 Å². The van der Waals surface area contributed by atoms with Crippen LogP contribution in [0.1, 0.15) is 12.6 Å². The largest absolute Gasteiger partial charge is 0.328 e. The fraction of sp³-hybridized carbons (Fsp3) is 0.385. The van der Waals surface area contributed by atoms with E-state index in [0.29, 0.717) is 13.1 Å². The predicted molar refractivity (Wildman–Crippen MR) is 70.3 cm³/mol. The number of hydrogen-bond donors (Lipinski definition) is 1. The van der Waals surface area contributed by atoms with E-state index in [9.17, 15) is 4.79 Å². The standard InChI is InChI=1S/C13H18N4O/c1-2-16-9-10-17(13(16)18)8-7-14-11-12-5-3-4-6-15-12/h3-6,9-10,14H,2,7-8,11H2,1H3. The van der Waals surface area contributed by atoms with Crippen LogP contribution in [-0.4, -0.2) is 20.7 Å². The summed E-state index contributed by atoms with van der Waals surface area (Å²) in [7, 11) is 0. The summed E-state index contributed by atoms with van der Waals surface area (Å²) in [5, 5.41) is 3.27. The normalized spacial score (nSPS) is 10.7. The molecule has 5 nitrogen and oxygen atoms in total. The Hall–Kier alpha value is -1.88. The van der Waals surface area contributed by atoms with E-state index in [-0.39, 0.29) is 5.69 Å². The first-order valence-corrected chi connectivity index (χ1v) is 6.17. The average molecular weight is 246 g/mol. The first-order chi connectivity index (χ1) is 8.81. The van der Waals surface area contributed by atoms with Crippen molar-refractivity contribution in [2.45, 2.75) is 26.6 Å². The molecule has 2 heterocycles. The fourth-order valence-electron chi connectivity index (χ4n) is 1.78. The summed E-state index contributed by atoms with van der Waals surface area (Å²) in [4.78, 5) is 16.0. The van der Waals surface area contributed by atoms with Gasteiger partial charge in [-0.1, -0.05) is 6.07 Å². The van der Waals surface area contributed by atoms with Gasteiger partial charge in [-0.3, -0.25) is 14.1 Å². The van der Waals surface area contributed by atoms with Gasteiger partial charge in [-0.2, -0.15) is 0 Å². The van der Waals surface area contributed by atoms with Crippen LogP contribution in [0.15, 0.2) is 41.6 Å². The van der Waals surface area contributed by atoms with E-state index in [1.54, 1.807) is 15.3 Å². The molecule has 0 aliphatic heterocycles. The molecule has 5 heteroatoms. The molecule has 0 atom stereocenters. The van der Waals surface area contributed by atoms with Crippen molar-refractivity contribution in [2.75, 3.05) is 6.54 Å². The number of rotatable bonds is 6. The molecule has 0 bridgehead atoms. The van der Waals surface area contributed by atoms with Crippen LogP contribution in [0, 0.1) is 0 Å². The number of aromatic nitrogens is 3. The quantitative estimate of drug-likeness (QED) is 0.769. The number of pyridine rings is 1. The van der Waals surface area contributed by atoms with Crippen LogP contribution in [0.2, 0.25) is 0 Å². The van der Waals surface area contributed by atoms with Crippen LogP contribution in [0.25, 0.3) is 0 Å². The molecule has 1 N–H and O–H groups in total. The Balaban J connectivity index is 1.79. The monoisotopic (exact) mass is 246 g/mol. The lowest BCUT2D eigenvalue weighted by atomic mass is 10.3. The van der Waals surface area contributed by atoms with Gasteiger partial charge in [0.15, 0.2) is 0 Å². The second kappa shape index (κ2) is 6.16. The molecule has 0 saturated heterocycles. The zero-order valence-corrected chi connectivity index (χ0v) is 10.5. The van der Waals surface area contributed by atoms with E-state index < -0.39 is 0 Å². The van der Waals surface area contributed by atoms with Crippen LogP contribution in [0.5, 0.6) is 0 Å². The van der Waals surface area contributed by atoms with Gasteiger partial charge in [0.05, 0.1) is 5.69 Å². The van der Waals surface area contributed by atoms with Crippen LogP contribution >= 0.6 is 0 Å². The highest BCUT2D eigenvalue weighted by atomic mass is 16.1. The fourth-order valence-corrected chi connectivity index (χ4v) is 1.78. The first-order valence-electron chi connectivity index (χ1n) is 6.17. The van der Waals surface area contributed by atoms with Gasteiger partial charge in [0.2, 0.25) is 0 Å². The second-order valence-electron chi connectivity index (χ2n) is 4.06. The second-order valence-corrected chi connectivity index (χ2v) is 4.06. The summed E-state index contributed by atoms with van der Waals surface area (Å²) < 4.78 is 3.41. The molecule has 2 rings (SSSR count). The van der Waals surface area contributed by atoms with E-state index in [4.69, 9.17) is 0 Å². The number of nitrogens with one attached hydrogen (secondary N) is 1. The van der Waals surface area contributed by atoms with Crippen LogP contribution in [0.4, 0.5) is 0 Å². The van der Waals surface area contributed by atoms with Gasteiger partial charge in [0, 0.05) is 44.8 Å². The topological polar surface area (TPSA) is 51.9 Å². The molecule has 18 heavy (non-hydrogen) atoms. The Morgan fingerprint density at radius 3 is 2.78 bits per heavy atom. The summed E-state index contributed by atoms with van der Waals surface area (Å²) in [5.41, 5.74) is 1.06. The van der Waals surface area contributed by atoms with Gasteiger partial charge in [0.1, 0.15) is 0 Å². The lowest BCUT2D eigenvalue weighted by Gasteiger charge is -2.04. The highest BCUT2D eigenvalue weighted by Gasteiger charge is 2.00. The van der Waals surface area contributed by atoms with E-state index in [1.165, 1.54) is 0 Å². The number of nitrogens with zero attached hydrogens (tertiary/aromatic N) is 3. The van der Waals surface area contributed by atoms with Crippen molar-refractivity contribution in [3.8, 4) is 0 Å². The summed E-state index contributed by atoms with van der Waals surface area (Å²) in [6, 6.07) is 5.85. The Labute approximate surface area is 106 Å². The highest BCUT2D eigenvalue weighted by molar-refractivity contribution is 5.02. The minimum absolute atomic E-state index is 0.0529. The molecule has 0 saturated carbocycles. The van der Waals surface area contributed by atoms with Crippen molar-refractivity contribution in [2.24, 2.45) is 0 Å². The molecule has 0 aliphatic rings. The van der Waals surface area contributed by atoms with Crippen molar-refractivity contribution in [3.05, 3.63) is 53.0 Å². The Bertz CT molecular complexity index is 529. The maximum atomic E-state index is 11.7. The molecule has 2 aromatic heterocycles. The van der Waals surface area contributed by atoms with Crippen molar-refractivity contribution < 1.29 is 0 Å². The van der Waals surface area contributed by atoms with Crippen LogP contribution in [-0.2, 0) is 19.6 Å². The summed E-state index contributed by atoms with van der Waals surface area (Å²) in [5.74, 6) is 0. The van der Waals surface area contributed by atoms with Gasteiger partial charge < -0.3 is 5.32 Å². The molecule has 0 radical (unpaired) electrons. The number of aryl methyl sites for hydroxylation is 1. The number of hydrogen-bond acceptors (Lipinski definition) is 3. The highest BCUT2D eigenvalue weighted by Crippen LogP contribution is 1.91. The smallest absolute Gasteiger partial charge is 0.309 e. The lowest BCUT2D eigenvalue weighted by Crippen LogP contribution is -2.28. The third-order valence-electron chi connectivity index (χ3n) is 2.82. The first kappa shape index (κ1) is 12.6. The van der Waals surface area contributed by atoms with E-state index in [0.717, 1.165) is 18.8 Å². The minimum Gasteiger partial charge on any atom is -0.309 e. The van der Waals surface area contributed by atoms with E-state index >= 15 is 0 Å². The van der Waals surface area contributed by atoms with Gasteiger partial charge in [0.25, 0.3) is 0 Å².